The lowest BCUT2D eigenvalue weighted by Gasteiger charge is -2.08. The maximum absolute atomic E-state index is 12.8. The van der Waals surface area contributed by atoms with E-state index in [9.17, 15) is 13.2 Å². The van der Waals surface area contributed by atoms with E-state index in [0.29, 0.717) is 28.3 Å². The fourth-order valence-corrected chi connectivity index (χ4v) is 4.58. The van der Waals surface area contributed by atoms with Crippen LogP contribution in [0.25, 0.3) is 4.96 Å². The summed E-state index contributed by atoms with van der Waals surface area (Å²) in [5.41, 5.74) is 1.12. The van der Waals surface area contributed by atoms with Crippen molar-refractivity contribution in [2.45, 2.75) is 25.3 Å². The third-order valence-electron chi connectivity index (χ3n) is 3.48. The molecule has 0 bridgehead atoms. The van der Waals surface area contributed by atoms with E-state index in [1.807, 2.05) is 6.92 Å². The molecule has 1 N–H and O–H groups in total. The molecule has 0 fully saturated rings. The number of benzene rings is 1. The summed E-state index contributed by atoms with van der Waals surface area (Å²) < 4.78 is 34.2. The van der Waals surface area contributed by atoms with Crippen molar-refractivity contribution in [3.05, 3.63) is 40.5 Å². The van der Waals surface area contributed by atoms with Gasteiger partial charge >= 0.3 is 5.97 Å². The van der Waals surface area contributed by atoms with Crippen LogP contribution in [0.15, 0.2) is 29.3 Å². The van der Waals surface area contributed by atoms with Crippen LogP contribution < -0.4 is 4.72 Å². The van der Waals surface area contributed by atoms with Crippen LogP contribution in [0.2, 0.25) is 0 Å². The number of aryl methyl sites for hydroxylation is 2. The first-order valence-corrected chi connectivity index (χ1v) is 9.72. The van der Waals surface area contributed by atoms with Gasteiger partial charge in [0, 0.05) is 5.69 Å². The molecule has 0 spiro atoms. The van der Waals surface area contributed by atoms with Crippen LogP contribution in [0.5, 0.6) is 0 Å². The number of rotatable bonds is 5. The molecule has 0 saturated carbocycles. The van der Waals surface area contributed by atoms with Gasteiger partial charge in [-0.05, 0) is 37.6 Å². The average Bonchev–Trinajstić information content (AvgIpc) is 3.09. The van der Waals surface area contributed by atoms with Crippen LogP contribution in [0.3, 0.4) is 0 Å². The summed E-state index contributed by atoms with van der Waals surface area (Å²) in [6.45, 7) is 3.63. The van der Waals surface area contributed by atoms with Crippen molar-refractivity contribution in [1.29, 1.82) is 0 Å². The zero-order valence-electron chi connectivity index (χ0n) is 13.8. The maximum Gasteiger partial charge on any atom is 0.337 e. The van der Waals surface area contributed by atoms with Crippen molar-refractivity contribution in [2.75, 3.05) is 11.8 Å². The molecular formula is C15H16N4O4S2. The fraction of sp³-hybridized carbons (Fsp3) is 0.267. The molecule has 0 saturated heterocycles. The monoisotopic (exact) mass is 380 g/mol. The average molecular weight is 380 g/mol. The number of hydrogen-bond acceptors (Lipinski definition) is 7. The van der Waals surface area contributed by atoms with Gasteiger partial charge in [-0.1, -0.05) is 18.3 Å². The minimum Gasteiger partial charge on any atom is -0.465 e. The molecule has 2 heterocycles. The van der Waals surface area contributed by atoms with Crippen molar-refractivity contribution in [3.8, 4) is 0 Å². The summed E-state index contributed by atoms with van der Waals surface area (Å²) in [4.78, 5) is 16.3. The van der Waals surface area contributed by atoms with Gasteiger partial charge in [-0.25, -0.2) is 9.78 Å². The van der Waals surface area contributed by atoms with E-state index in [4.69, 9.17) is 0 Å². The first kappa shape index (κ1) is 17.4. The van der Waals surface area contributed by atoms with E-state index >= 15 is 0 Å². The number of fused-ring (bicyclic) bond motifs is 1. The van der Waals surface area contributed by atoms with Gasteiger partial charge in [0.1, 0.15) is 5.01 Å². The molecule has 3 aromatic rings. The zero-order valence-corrected chi connectivity index (χ0v) is 15.4. The molecule has 3 rings (SSSR count). The Bertz CT molecular complexity index is 1040. The van der Waals surface area contributed by atoms with E-state index in [2.05, 4.69) is 19.5 Å². The number of ether oxygens (including phenoxy) is 1. The van der Waals surface area contributed by atoms with Crippen LogP contribution in [0.4, 0.5) is 5.69 Å². The summed E-state index contributed by atoms with van der Waals surface area (Å²) in [6.07, 6.45) is 0.465. The Morgan fingerprint density at radius 3 is 2.60 bits per heavy atom. The lowest BCUT2D eigenvalue weighted by molar-refractivity contribution is 0.0601. The number of carbonyl (C=O) groups is 1. The van der Waals surface area contributed by atoms with Crippen molar-refractivity contribution in [3.63, 3.8) is 0 Å². The molecule has 132 valence electrons. The standard InChI is InChI=1S/C15H16N4O4S2/c1-4-12-13(19-15(16-12)24-9(2)17-19)25(21,22)18-11-7-5-10(6-8-11)14(20)23-3/h5-8,18H,4H2,1-3H3. The van der Waals surface area contributed by atoms with Crippen LogP contribution in [0.1, 0.15) is 28.0 Å². The smallest absolute Gasteiger partial charge is 0.337 e. The molecule has 0 aliphatic carbocycles. The maximum atomic E-state index is 12.8. The lowest BCUT2D eigenvalue weighted by atomic mass is 10.2. The zero-order chi connectivity index (χ0) is 18.2. The molecule has 25 heavy (non-hydrogen) atoms. The topological polar surface area (TPSA) is 103 Å². The summed E-state index contributed by atoms with van der Waals surface area (Å²) in [5, 5.41) is 4.99. The molecule has 0 aliphatic heterocycles. The SMILES string of the molecule is CCc1nc2sc(C)nn2c1S(=O)(=O)Nc1ccc(C(=O)OC)cc1. The second-order valence-electron chi connectivity index (χ2n) is 5.21. The van der Waals surface area contributed by atoms with Gasteiger partial charge in [0.25, 0.3) is 10.0 Å². The van der Waals surface area contributed by atoms with Gasteiger partial charge < -0.3 is 4.74 Å². The summed E-state index contributed by atoms with van der Waals surface area (Å²) in [5.74, 6) is -0.488. The Balaban J connectivity index is 1.98. The van der Waals surface area contributed by atoms with Gasteiger partial charge in [0.15, 0.2) is 0 Å². The molecular weight excluding hydrogens is 364 g/mol. The molecule has 1 aromatic carbocycles. The Morgan fingerprint density at radius 2 is 2.00 bits per heavy atom. The number of aromatic nitrogens is 3. The number of sulfonamides is 1. The molecule has 0 unspecified atom stereocenters. The highest BCUT2D eigenvalue weighted by atomic mass is 32.2. The normalized spacial score (nSPS) is 11.6. The molecule has 0 aliphatic rings. The van der Waals surface area contributed by atoms with Gasteiger partial charge in [-0.3, -0.25) is 4.72 Å². The predicted octanol–water partition coefficient (Wildman–Crippen LogP) is 2.25. The first-order chi connectivity index (χ1) is 11.9. The molecule has 0 radical (unpaired) electrons. The molecule has 8 nitrogen and oxygen atoms in total. The molecule has 10 heteroatoms. The van der Waals surface area contributed by atoms with Crippen LogP contribution in [-0.2, 0) is 21.2 Å². The van der Waals surface area contributed by atoms with E-state index in [0.717, 1.165) is 5.01 Å². The minimum absolute atomic E-state index is 0.0337. The fourth-order valence-electron chi connectivity index (χ4n) is 2.36. The number of nitrogens with zero attached hydrogens (tertiary/aromatic N) is 3. The highest BCUT2D eigenvalue weighted by molar-refractivity contribution is 7.92. The third-order valence-corrected chi connectivity index (χ3v) is 5.72. The van der Waals surface area contributed by atoms with Crippen molar-refractivity contribution >= 4 is 38.0 Å². The predicted molar refractivity (Wildman–Crippen MR) is 93.6 cm³/mol. The van der Waals surface area contributed by atoms with Gasteiger partial charge in [-0.2, -0.15) is 18.0 Å². The van der Waals surface area contributed by atoms with E-state index in [1.165, 1.54) is 47.2 Å². The highest BCUT2D eigenvalue weighted by Crippen LogP contribution is 2.25. The Labute approximate surface area is 148 Å². The van der Waals surface area contributed by atoms with Crippen LogP contribution in [-0.4, -0.2) is 36.1 Å². The second-order valence-corrected chi connectivity index (χ2v) is 7.96. The van der Waals surface area contributed by atoms with E-state index in [-0.39, 0.29) is 5.03 Å². The van der Waals surface area contributed by atoms with E-state index < -0.39 is 16.0 Å². The van der Waals surface area contributed by atoms with Crippen molar-refractivity contribution in [1.82, 2.24) is 14.6 Å². The number of hydrogen-bond donors (Lipinski definition) is 1. The number of carbonyl (C=O) groups excluding carboxylic acids is 1. The summed E-state index contributed by atoms with van der Waals surface area (Å²) in [7, 11) is -2.60. The van der Waals surface area contributed by atoms with Crippen molar-refractivity contribution in [2.24, 2.45) is 0 Å². The second kappa shape index (κ2) is 6.45. The Kier molecular flexibility index (Phi) is 4.48. The Morgan fingerprint density at radius 1 is 1.32 bits per heavy atom. The molecule has 0 amide bonds. The summed E-state index contributed by atoms with van der Waals surface area (Å²) in [6, 6.07) is 5.98. The third kappa shape index (κ3) is 3.22. The first-order valence-electron chi connectivity index (χ1n) is 7.42. The number of nitrogens with one attached hydrogen (secondary N) is 1. The number of esters is 1. The van der Waals surface area contributed by atoms with Gasteiger partial charge in [0.2, 0.25) is 9.99 Å². The van der Waals surface area contributed by atoms with Gasteiger partial charge in [0.05, 0.1) is 18.4 Å². The molecule has 2 aromatic heterocycles. The number of methoxy groups -OCH3 is 1. The van der Waals surface area contributed by atoms with E-state index in [1.54, 1.807) is 6.92 Å². The van der Waals surface area contributed by atoms with Crippen molar-refractivity contribution < 1.29 is 17.9 Å². The van der Waals surface area contributed by atoms with Crippen LogP contribution in [0, 0.1) is 6.92 Å². The van der Waals surface area contributed by atoms with Gasteiger partial charge in [-0.15, -0.1) is 0 Å². The number of anilines is 1. The largest absolute Gasteiger partial charge is 0.465 e. The van der Waals surface area contributed by atoms with Crippen LogP contribution >= 0.6 is 11.3 Å². The molecule has 0 atom stereocenters. The highest BCUT2D eigenvalue weighted by Gasteiger charge is 2.26. The Hall–Kier alpha value is -2.46. The number of imidazole rings is 1. The minimum atomic E-state index is -3.89. The quantitative estimate of drug-likeness (QED) is 0.681. The summed E-state index contributed by atoms with van der Waals surface area (Å²) >= 11 is 1.33. The lowest BCUT2D eigenvalue weighted by Crippen LogP contribution is -2.17.